The number of hydrogen-bond donors (Lipinski definition) is 2. The van der Waals surface area contributed by atoms with Crippen molar-refractivity contribution in [1.29, 1.82) is 0 Å². The van der Waals surface area contributed by atoms with Crippen LogP contribution in [0, 0.1) is 0 Å². The van der Waals surface area contributed by atoms with E-state index in [1.165, 1.54) is 17.5 Å². The summed E-state index contributed by atoms with van der Waals surface area (Å²) < 4.78 is 0. The molecule has 1 aromatic rings. The maximum Gasteiger partial charge on any atom is 0.0434 e. The molecule has 1 rings (SSSR count). The lowest BCUT2D eigenvalue weighted by atomic mass is 10.1. The Balaban J connectivity index is 2.34. The molecule has 0 amide bonds. The zero-order chi connectivity index (χ0) is 12.3. The molecule has 0 saturated carbocycles. The molecule has 0 aliphatic heterocycles. The molecule has 0 saturated heterocycles. The molecule has 2 nitrogen and oxygen atoms in total. The number of nitrogens with two attached hydrogens (primary N) is 1. The third-order valence-electron chi connectivity index (χ3n) is 2.74. The van der Waals surface area contributed by atoms with Crippen molar-refractivity contribution in [2.24, 2.45) is 5.73 Å². The average Bonchev–Trinajstić information content (AvgIpc) is 2.37. The van der Waals surface area contributed by atoms with E-state index in [9.17, 15) is 0 Å². The molecular formula is C15H23NO. The van der Waals surface area contributed by atoms with Crippen LogP contribution in [0.3, 0.4) is 0 Å². The highest BCUT2D eigenvalue weighted by atomic mass is 16.2. The molecule has 0 atom stereocenters. The first-order valence-corrected chi connectivity index (χ1v) is 6.43. The van der Waals surface area contributed by atoms with Crippen LogP contribution in [0.25, 0.3) is 6.08 Å². The van der Waals surface area contributed by atoms with Crippen LogP contribution in [0.5, 0.6) is 0 Å². The number of rotatable bonds is 8. The lowest BCUT2D eigenvalue weighted by molar-refractivity contribution is 0.288. The van der Waals surface area contributed by atoms with Crippen LogP contribution in [0.1, 0.15) is 36.8 Å². The number of benzene rings is 1. The summed E-state index contributed by atoms with van der Waals surface area (Å²) >= 11 is 0. The highest BCUT2D eigenvalue weighted by Gasteiger charge is 1.92. The maximum absolute atomic E-state index is 8.75. The number of allylic oxidation sites excluding steroid dienone is 1. The summed E-state index contributed by atoms with van der Waals surface area (Å²) in [5.41, 5.74) is 7.97. The summed E-state index contributed by atoms with van der Waals surface area (Å²) in [4.78, 5) is 0. The Bertz CT molecular complexity index is 316. The van der Waals surface area contributed by atoms with Crippen LogP contribution in [-0.4, -0.2) is 18.3 Å². The molecule has 0 unspecified atom stereocenters. The van der Waals surface area contributed by atoms with Crippen molar-refractivity contribution >= 4 is 6.08 Å². The van der Waals surface area contributed by atoms with Crippen LogP contribution >= 0.6 is 0 Å². The van der Waals surface area contributed by atoms with Crippen LogP contribution in [0.15, 0.2) is 30.3 Å². The van der Waals surface area contributed by atoms with Gasteiger partial charge in [0.15, 0.2) is 0 Å². The van der Waals surface area contributed by atoms with Gasteiger partial charge in [0.05, 0.1) is 0 Å². The van der Waals surface area contributed by atoms with E-state index in [1.54, 1.807) is 0 Å². The van der Waals surface area contributed by atoms with E-state index < -0.39 is 0 Å². The minimum absolute atomic E-state index is 0.267. The maximum atomic E-state index is 8.75. The second-order valence-electron chi connectivity index (χ2n) is 4.26. The summed E-state index contributed by atoms with van der Waals surface area (Å²) in [7, 11) is 0. The summed E-state index contributed by atoms with van der Waals surface area (Å²) in [6.45, 7) is 1.05. The first-order valence-electron chi connectivity index (χ1n) is 6.43. The predicted molar refractivity (Wildman–Crippen MR) is 73.8 cm³/mol. The Labute approximate surface area is 104 Å². The monoisotopic (exact) mass is 233 g/mol. The van der Waals surface area contributed by atoms with Crippen molar-refractivity contribution in [1.82, 2.24) is 0 Å². The van der Waals surface area contributed by atoms with Gasteiger partial charge in [0, 0.05) is 6.61 Å². The Morgan fingerprint density at radius 1 is 1.06 bits per heavy atom. The van der Waals surface area contributed by atoms with E-state index in [0.29, 0.717) is 0 Å². The van der Waals surface area contributed by atoms with Crippen molar-refractivity contribution in [2.45, 2.75) is 32.1 Å². The minimum atomic E-state index is 0.267. The number of hydrogen-bond acceptors (Lipinski definition) is 2. The summed E-state index contributed by atoms with van der Waals surface area (Å²) in [6.07, 6.45) is 9.53. The van der Waals surface area contributed by atoms with Gasteiger partial charge in [0.2, 0.25) is 0 Å². The van der Waals surface area contributed by atoms with Crippen LogP contribution in [0.2, 0.25) is 0 Å². The van der Waals surface area contributed by atoms with E-state index >= 15 is 0 Å². The lowest BCUT2D eigenvalue weighted by Gasteiger charge is -2.00. The first kappa shape index (κ1) is 13.9. The largest absolute Gasteiger partial charge is 0.396 e. The van der Waals surface area contributed by atoms with Crippen molar-refractivity contribution in [3.8, 4) is 0 Å². The fourth-order valence-corrected chi connectivity index (χ4v) is 1.70. The molecule has 94 valence electrons. The van der Waals surface area contributed by atoms with E-state index in [2.05, 4.69) is 36.4 Å². The third kappa shape index (κ3) is 6.25. The molecule has 0 fully saturated rings. The van der Waals surface area contributed by atoms with Crippen molar-refractivity contribution < 1.29 is 5.11 Å². The van der Waals surface area contributed by atoms with Crippen LogP contribution in [-0.2, 0) is 6.42 Å². The minimum Gasteiger partial charge on any atom is -0.396 e. The van der Waals surface area contributed by atoms with Gasteiger partial charge >= 0.3 is 0 Å². The fourth-order valence-electron chi connectivity index (χ4n) is 1.70. The topological polar surface area (TPSA) is 46.2 Å². The van der Waals surface area contributed by atoms with Gasteiger partial charge in [-0.2, -0.15) is 0 Å². The van der Waals surface area contributed by atoms with Crippen LogP contribution < -0.4 is 5.73 Å². The second-order valence-corrected chi connectivity index (χ2v) is 4.26. The van der Waals surface area contributed by atoms with Gasteiger partial charge in [-0.15, -0.1) is 0 Å². The van der Waals surface area contributed by atoms with E-state index in [-0.39, 0.29) is 6.61 Å². The van der Waals surface area contributed by atoms with E-state index in [1.807, 2.05) is 0 Å². The van der Waals surface area contributed by atoms with Gasteiger partial charge in [-0.1, -0.05) is 36.4 Å². The van der Waals surface area contributed by atoms with Crippen LogP contribution in [0.4, 0.5) is 0 Å². The zero-order valence-electron chi connectivity index (χ0n) is 10.4. The molecule has 2 heteroatoms. The van der Waals surface area contributed by atoms with Crippen molar-refractivity contribution in [2.75, 3.05) is 13.2 Å². The summed E-state index contributed by atoms with van der Waals surface area (Å²) in [5, 5.41) is 8.75. The summed E-state index contributed by atoms with van der Waals surface area (Å²) in [5.74, 6) is 0. The van der Waals surface area contributed by atoms with Crippen molar-refractivity contribution in [3.05, 3.63) is 41.5 Å². The molecule has 0 aromatic heterocycles. The molecule has 17 heavy (non-hydrogen) atoms. The first-order chi connectivity index (χ1) is 8.36. The number of unbranched alkanes of at least 4 members (excludes halogenated alkanes) is 2. The third-order valence-corrected chi connectivity index (χ3v) is 2.74. The van der Waals surface area contributed by atoms with Crippen molar-refractivity contribution in [3.63, 3.8) is 0 Å². The van der Waals surface area contributed by atoms with Gasteiger partial charge in [-0.05, 0) is 49.8 Å². The normalized spacial score (nSPS) is 11.2. The number of aliphatic hydroxyl groups is 1. The lowest BCUT2D eigenvalue weighted by Crippen LogP contribution is -1.96. The Kier molecular flexibility index (Phi) is 7.35. The Morgan fingerprint density at radius 3 is 2.47 bits per heavy atom. The van der Waals surface area contributed by atoms with Gasteiger partial charge < -0.3 is 10.8 Å². The Morgan fingerprint density at radius 2 is 1.82 bits per heavy atom. The van der Waals surface area contributed by atoms with E-state index in [0.717, 1.165) is 32.2 Å². The molecule has 0 spiro atoms. The molecule has 1 aromatic carbocycles. The second kappa shape index (κ2) is 8.97. The molecule has 0 aliphatic rings. The quantitative estimate of drug-likeness (QED) is 0.678. The van der Waals surface area contributed by atoms with Gasteiger partial charge in [0.1, 0.15) is 0 Å². The standard InChI is InChI=1S/C15H23NO/c16-12-4-2-1-3-6-14-8-10-15(11-9-14)7-5-13-17/h3,6,8-11,17H,1-2,4-5,7,12-13,16H2/b6-3+. The summed E-state index contributed by atoms with van der Waals surface area (Å²) in [6, 6.07) is 8.53. The van der Waals surface area contributed by atoms with Gasteiger partial charge in [-0.25, -0.2) is 0 Å². The molecule has 0 bridgehead atoms. The molecule has 0 aliphatic carbocycles. The highest BCUT2D eigenvalue weighted by molar-refractivity contribution is 5.49. The number of aliphatic hydroxyl groups excluding tert-OH is 1. The SMILES string of the molecule is NCCCC/C=C/c1ccc(CCCO)cc1. The zero-order valence-corrected chi connectivity index (χ0v) is 10.4. The predicted octanol–water partition coefficient (Wildman–Crippen LogP) is 2.75. The average molecular weight is 233 g/mol. The molecule has 0 radical (unpaired) electrons. The highest BCUT2D eigenvalue weighted by Crippen LogP contribution is 2.09. The molecule has 0 heterocycles. The Hall–Kier alpha value is -1.12. The number of aryl methyl sites for hydroxylation is 1. The van der Waals surface area contributed by atoms with Gasteiger partial charge in [0.25, 0.3) is 0 Å². The van der Waals surface area contributed by atoms with E-state index in [4.69, 9.17) is 10.8 Å². The smallest absolute Gasteiger partial charge is 0.0434 e. The van der Waals surface area contributed by atoms with Gasteiger partial charge in [-0.3, -0.25) is 0 Å². The molecule has 3 N–H and O–H groups in total. The fraction of sp³-hybridized carbons (Fsp3) is 0.467. The molecular weight excluding hydrogens is 210 g/mol.